The third kappa shape index (κ3) is 4.69. The third-order valence-electron chi connectivity index (χ3n) is 4.44. The lowest BCUT2D eigenvalue weighted by Crippen LogP contribution is -2.41. The minimum Gasteiger partial charge on any atom is -0.334 e. The van der Waals surface area contributed by atoms with E-state index in [2.05, 4.69) is 10.3 Å². The summed E-state index contributed by atoms with van der Waals surface area (Å²) in [6, 6.07) is 9.38. The first kappa shape index (κ1) is 17.7. The molecular weight excluding hydrogens is 331 g/mol. The molecule has 0 bridgehead atoms. The van der Waals surface area contributed by atoms with Crippen molar-refractivity contribution in [3.63, 3.8) is 0 Å². The highest BCUT2D eigenvalue weighted by Gasteiger charge is 2.32. The molecule has 0 aliphatic carbocycles. The highest BCUT2D eigenvalue weighted by Crippen LogP contribution is 2.24. The molecule has 1 fully saturated rings. The summed E-state index contributed by atoms with van der Waals surface area (Å²) < 4.78 is 37.4. The highest BCUT2D eigenvalue weighted by molar-refractivity contribution is 5.79. The molecule has 7 heteroatoms. The van der Waals surface area contributed by atoms with Gasteiger partial charge in [0.25, 0.3) is 0 Å². The van der Waals surface area contributed by atoms with Gasteiger partial charge in [-0.2, -0.15) is 13.2 Å². The Kier molecular flexibility index (Phi) is 5.22. The molecule has 0 radical (unpaired) electrons. The first-order valence-corrected chi connectivity index (χ1v) is 8.33. The summed E-state index contributed by atoms with van der Waals surface area (Å²) in [5.41, 5.74) is 1.75. The fraction of sp³-hybridized carbons (Fsp3) is 0.444. The van der Waals surface area contributed by atoms with Crippen molar-refractivity contribution in [3.05, 3.63) is 42.1 Å². The Bertz CT molecular complexity index is 742. The molecule has 25 heavy (non-hydrogen) atoms. The molecule has 1 saturated heterocycles. The van der Waals surface area contributed by atoms with Crippen LogP contribution in [0.15, 0.2) is 36.5 Å². The minimum absolute atomic E-state index is 0.0645. The van der Waals surface area contributed by atoms with Crippen LogP contribution in [0.3, 0.4) is 0 Å². The zero-order valence-electron chi connectivity index (χ0n) is 13.7. The second-order valence-corrected chi connectivity index (χ2v) is 6.31. The predicted molar refractivity (Wildman–Crippen MR) is 88.9 cm³/mol. The lowest BCUT2D eigenvalue weighted by atomic mass is 10.1. The Labute approximate surface area is 144 Å². The van der Waals surface area contributed by atoms with Crippen molar-refractivity contribution in [2.75, 3.05) is 13.1 Å². The first-order valence-electron chi connectivity index (χ1n) is 8.33. The van der Waals surface area contributed by atoms with Crippen molar-refractivity contribution >= 4 is 16.8 Å². The van der Waals surface area contributed by atoms with Crippen LogP contribution < -0.4 is 5.32 Å². The van der Waals surface area contributed by atoms with Gasteiger partial charge in [-0.15, -0.1) is 0 Å². The fourth-order valence-corrected chi connectivity index (χ4v) is 3.14. The Hall–Kier alpha value is -2.15. The average Bonchev–Trinajstić information content (AvgIpc) is 3.11. The molecule has 1 aliphatic heterocycles. The van der Waals surface area contributed by atoms with Crippen molar-refractivity contribution < 1.29 is 18.0 Å². The molecule has 1 aromatic heterocycles. The molecule has 0 unspecified atom stereocenters. The Morgan fingerprint density at radius 2 is 2.16 bits per heavy atom. The highest BCUT2D eigenvalue weighted by atomic mass is 19.4. The number of benzene rings is 1. The van der Waals surface area contributed by atoms with Gasteiger partial charge in [0.2, 0.25) is 5.91 Å². The van der Waals surface area contributed by atoms with Crippen molar-refractivity contribution in [1.29, 1.82) is 0 Å². The van der Waals surface area contributed by atoms with Gasteiger partial charge in [-0.1, -0.05) is 12.1 Å². The van der Waals surface area contributed by atoms with E-state index in [-0.39, 0.29) is 6.04 Å². The number of hydrogen-bond donors (Lipinski definition) is 1. The molecule has 134 valence electrons. The van der Waals surface area contributed by atoms with Gasteiger partial charge in [0.05, 0.1) is 11.9 Å². The van der Waals surface area contributed by atoms with Crippen LogP contribution in [-0.4, -0.2) is 41.1 Å². The van der Waals surface area contributed by atoms with E-state index in [0.717, 1.165) is 29.4 Å². The minimum atomic E-state index is -4.32. The Morgan fingerprint density at radius 3 is 2.88 bits per heavy atom. The summed E-state index contributed by atoms with van der Waals surface area (Å²) in [5.74, 6) is -0.447. The molecule has 3 rings (SSSR count). The standard InChI is InChI=1S/C18H20F3N3O/c19-18(20,21)7-5-17(25)24(15-6-9-22-11-15)12-13-3-4-16-14(10-13)2-1-8-23-16/h1-4,8,10,15,22H,5-7,9,11-12H2/t15-/m1/s1. The van der Waals surface area contributed by atoms with Crippen LogP contribution in [0.25, 0.3) is 10.9 Å². The van der Waals surface area contributed by atoms with Gasteiger partial charge in [-0.25, -0.2) is 0 Å². The summed E-state index contributed by atoms with van der Waals surface area (Å²) in [6.07, 6.45) is -3.44. The molecule has 2 heterocycles. The van der Waals surface area contributed by atoms with Gasteiger partial charge in [-0.05, 0) is 36.7 Å². The fourth-order valence-electron chi connectivity index (χ4n) is 3.14. The maximum Gasteiger partial charge on any atom is 0.389 e. The van der Waals surface area contributed by atoms with E-state index < -0.39 is 24.9 Å². The summed E-state index contributed by atoms with van der Waals surface area (Å²) in [6.45, 7) is 1.70. The number of halogens is 3. The lowest BCUT2D eigenvalue weighted by molar-refractivity contribution is -0.150. The number of carbonyl (C=O) groups excluding carboxylic acids is 1. The van der Waals surface area contributed by atoms with Gasteiger partial charge in [0.15, 0.2) is 0 Å². The number of aromatic nitrogens is 1. The van der Waals surface area contributed by atoms with E-state index in [0.29, 0.717) is 13.1 Å². The largest absolute Gasteiger partial charge is 0.389 e. The van der Waals surface area contributed by atoms with Crippen LogP contribution in [0, 0.1) is 0 Å². The number of nitrogens with one attached hydrogen (secondary N) is 1. The van der Waals surface area contributed by atoms with Gasteiger partial charge in [0.1, 0.15) is 0 Å². The van der Waals surface area contributed by atoms with Crippen LogP contribution in [0.1, 0.15) is 24.8 Å². The lowest BCUT2D eigenvalue weighted by Gasteiger charge is -2.29. The molecule has 1 aromatic carbocycles. The van der Waals surface area contributed by atoms with Crippen LogP contribution in [0.2, 0.25) is 0 Å². The number of nitrogens with zero attached hydrogens (tertiary/aromatic N) is 2. The van der Waals surface area contributed by atoms with Gasteiger partial charge >= 0.3 is 6.18 Å². The van der Waals surface area contributed by atoms with Crippen LogP contribution in [0.4, 0.5) is 13.2 Å². The normalized spacial score (nSPS) is 17.8. The zero-order valence-corrected chi connectivity index (χ0v) is 13.7. The molecule has 1 amide bonds. The molecule has 0 saturated carbocycles. The maximum absolute atomic E-state index is 12.5. The monoisotopic (exact) mass is 351 g/mol. The van der Waals surface area contributed by atoms with Crippen LogP contribution in [0.5, 0.6) is 0 Å². The molecule has 1 atom stereocenters. The summed E-state index contributed by atoms with van der Waals surface area (Å²) >= 11 is 0. The SMILES string of the molecule is O=C(CCC(F)(F)F)N(Cc1ccc2ncccc2c1)[C@@H]1CCNC1. The summed E-state index contributed by atoms with van der Waals surface area (Å²) in [5, 5.41) is 4.12. The second kappa shape index (κ2) is 7.39. The van der Waals surface area contributed by atoms with E-state index in [9.17, 15) is 18.0 Å². The van der Waals surface area contributed by atoms with Gasteiger partial charge in [0, 0.05) is 37.1 Å². The quantitative estimate of drug-likeness (QED) is 0.899. The molecule has 1 N–H and O–H groups in total. The number of amides is 1. The zero-order chi connectivity index (χ0) is 17.9. The average molecular weight is 351 g/mol. The van der Waals surface area contributed by atoms with Crippen molar-refractivity contribution in [2.24, 2.45) is 0 Å². The number of hydrogen-bond acceptors (Lipinski definition) is 3. The smallest absolute Gasteiger partial charge is 0.334 e. The first-order chi connectivity index (χ1) is 11.9. The van der Waals surface area contributed by atoms with Gasteiger partial charge in [-0.3, -0.25) is 9.78 Å². The van der Waals surface area contributed by atoms with Crippen LogP contribution >= 0.6 is 0 Å². The number of pyridine rings is 1. The van der Waals surface area contributed by atoms with E-state index in [4.69, 9.17) is 0 Å². The van der Waals surface area contributed by atoms with E-state index in [1.807, 2.05) is 30.3 Å². The number of carbonyl (C=O) groups is 1. The predicted octanol–water partition coefficient (Wildman–Crippen LogP) is 3.27. The second-order valence-electron chi connectivity index (χ2n) is 6.31. The van der Waals surface area contributed by atoms with E-state index >= 15 is 0 Å². The molecule has 0 spiro atoms. The number of rotatable bonds is 5. The van der Waals surface area contributed by atoms with Crippen LogP contribution in [-0.2, 0) is 11.3 Å². The molecule has 2 aromatic rings. The summed E-state index contributed by atoms with van der Waals surface area (Å²) in [7, 11) is 0. The number of fused-ring (bicyclic) bond motifs is 1. The molecular formula is C18H20F3N3O. The van der Waals surface area contributed by atoms with E-state index in [1.54, 1.807) is 11.1 Å². The number of alkyl halides is 3. The van der Waals surface area contributed by atoms with Crippen molar-refractivity contribution in [3.8, 4) is 0 Å². The molecule has 4 nitrogen and oxygen atoms in total. The Balaban J connectivity index is 1.77. The maximum atomic E-state index is 12.5. The van der Waals surface area contributed by atoms with Crippen molar-refractivity contribution in [1.82, 2.24) is 15.2 Å². The Morgan fingerprint density at radius 1 is 1.32 bits per heavy atom. The molecule has 1 aliphatic rings. The van der Waals surface area contributed by atoms with Gasteiger partial charge < -0.3 is 10.2 Å². The van der Waals surface area contributed by atoms with E-state index in [1.165, 1.54) is 0 Å². The van der Waals surface area contributed by atoms with Crippen molar-refractivity contribution in [2.45, 2.75) is 38.0 Å². The summed E-state index contributed by atoms with van der Waals surface area (Å²) in [4.78, 5) is 18.3. The third-order valence-corrected chi connectivity index (χ3v) is 4.44. The topological polar surface area (TPSA) is 45.2 Å².